The number of carbonyl (C=O) groups is 2. The van der Waals surface area contributed by atoms with Crippen molar-refractivity contribution in [3.8, 4) is 17.2 Å². The summed E-state index contributed by atoms with van der Waals surface area (Å²) in [4.78, 5) is 27.6. The molecule has 1 atom stereocenters. The summed E-state index contributed by atoms with van der Waals surface area (Å²) in [6, 6.07) is 11.2. The maximum Gasteiger partial charge on any atom is 0.295 e. The summed E-state index contributed by atoms with van der Waals surface area (Å²) in [6.45, 7) is 5.40. The molecule has 8 heteroatoms. The molecular formula is C27H33NO7. The number of ketones is 1. The molecule has 0 spiro atoms. The van der Waals surface area contributed by atoms with Gasteiger partial charge in [-0.3, -0.25) is 9.59 Å². The number of rotatable bonds is 11. The second kappa shape index (κ2) is 11.8. The molecule has 1 aliphatic heterocycles. The van der Waals surface area contributed by atoms with Crippen LogP contribution in [0.3, 0.4) is 0 Å². The van der Waals surface area contributed by atoms with E-state index in [2.05, 4.69) is 13.8 Å². The third-order valence-corrected chi connectivity index (χ3v) is 5.72. The van der Waals surface area contributed by atoms with E-state index in [9.17, 15) is 14.7 Å². The van der Waals surface area contributed by atoms with Crippen molar-refractivity contribution in [2.24, 2.45) is 5.92 Å². The van der Waals surface area contributed by atoms with Crippen LogP contribution < -0.4 is 14.2 Å². The van der Waals surface area contributed by atoms with Gasteiger partial charge >= 0.3 is 0 Å². The van der Waals surface area contributed by atoms with Crippen molar-refractivity contribution in [1.82, 2.24) is 4.90 Å². The fourth-order valence-electron chi connectivity index (χ4n) is 3.99. The number of Topliss-reactive ketones (excluding diaryl/α,β-unsaturated/α-hetero) is 1. The molecule has 1 aliphatic rings. The normalized spacial score (nSPS) is 17.2. The Bertz CT molecular complexity index is 1080. The largest absolute Gasteiger partial charge is 0.507 e. The number of aliphatic hydroxyl groups is 1. The van der Waals surface area contributed by atoms with Gasteiger partial charge in [-0.25, -0.2) is 0 Å². The Kier molecular flexibility index (Phi) is 8.76. The summed E-state index contributed by atoms with van der Waals surface area (Å²) in [6.07, 6.45) is 0.537. The average Bonchev–Trinajstić information content (AvgIpc) is 3.12. The molecule has 0 saturated carbocycles. The van der Waals surface area contributed by atoms with E-state index in [0.29, 0.717) is 53.9 Å². The first-order valence-electron chi connectivity index (χ1n) is 11.5. The number of aliphatic hydroxyl groups excluding tert-OH is 1. The van der Waals surface area contributed by atoms with Gasteiger partial charge in [-0.2, -0.15) is 0 Å². The van der Waals surface area contributed by atoms with E-state index in [1.807, 2.05) is 0 Å². The fourth-order valence-corrected chi connectivity index (χ4v) is 3.99. The topological polar surface area (TPSA) is 94.5 Å². The first-order valence-corrected chi connectivity index (χ1v) is 11.5. The molecule has 8 nitrogen and oxygen atoms in total. The van der Waals surface area contributed by atoms with Gasteiger partial charge in [0.1, 0.15) is 11.5 Å². The zero-order valence-electron chi connectivity index (χ0n) is 20.9. The number of hydrogen-bond donors (Lipinski definition) is 1. The van der Waals surface area contributed by atoms with Crippen LogP contribution in [-0.4, -0.2) is 62.8 Å². The molecule has 1 amide bonds. The predicted molar refractivity (Wildman–Crippen MR) is 132 cm³/mol. The van der Waals surface area contributed by atoms with E-state index in [0.717, 1.165) is 0 Å². The molecule has 0 bridgehead atoms. The Balaban J connectivity index is 2.06. The number of benzene rings is 2. The van der Waals surface area contributed by atoms with E-state index in [-0.39, 0.29) is 17.9 Å². The summed E-state index contributed by atoms with van der Waals surface area (Å²) in [5.41, 5.74) is 1.07. The lowest BCUT2D eigenvalue weighted by atomic mass is 9.95. The monoisotopic (exact) mass is 483 g/mol. The van der Waals surface area contributed by atoms with Crippen molar-refractivity contribution in [1.29, 1.82) is 0 Å². The summed E-state index contributed by atoms with van der Waals surface area (Å²) in [5.74, 6) is 0.362. The summed E-state index contributed by atoms with van der Waals surface area (Å²) >= 11 is 0. The molecule has 2 aromatic carbocycles. The zero-order valence-corrected chi connectivity index (χ0v) is 20.9. The lowest BCUT2D eigenvalue weighted by Crippen LogP contribution is -2.31. The molecule has 0 aliphatic carbocycles. The Hall–Kier alpha value is -3.52. The number of nitrogens with zero attached hydrogens (tertiary/aromatic N) is 1. The molecule has 188 valence electrons. The van der Waals surface area contributed by atoms with Gasteiger partial charge in [0.15, 0.2) is 11.5 Å². The molecular weight excluding hydrogens is 450 g/mol. The van der Waals surface area contributed by atoms with Crippen LogP contribution in [-0.2, 0) is 14.3 Å². The van der Waals surface area contributed by atoms with Crippen molar-refractivity contribution >= 4 is 17.4 Å². The van der Waals surface area contributed by atoms with Crippen LogP contribution in [0.25, 0.3) is 5.76 Å². The third kappa shape index (κ3) is 5.77. The van der Waals surface area contributed by atoms with Crippen LogP contribution in [0.15, 0.2) is 48.0 Å². The van der Waals surface area contributed by atoms with Gasteiger partial charge in [-0.15, -0.1) is 0 Å². The lowest BCUT2D eigenvalue weighted by molar-refractivity contribution is -0.140. The van der Waals surface area contributed by atoms with Crippen LogP contribution in [0.2, 0.25) is 0 Å². The van der Waals surface area contributed by atoms with E-state index in [1.165, 1.54) is 19.1 Å². The molecule has 0 unspecified atom stereocenters. The van der Waals surface area contributed by atoms with Crippen molar-refractivity contribution in [3.05, 3.63) is 59.2 Å². The number of likely N-dealkylation sites (tertiary alicyclic amines) is 1. The van der Waals surface area contributed by atoms with Crippen molar-refractivity contribution < 1.29 is 33.6 Å². The molecule has 0 aromatic heterocycles. The standard InChI is InChI=1S/C27H33NO7/c1-17(2)16-35-20-10-7-18(8-11-20)25(29)23-24(19-9-12-21(33-4)22(15-19)34-5)28(13-6-14-32-3)27(31)26(23)30/h7-12,15,17,24,29H,6,13-14,16H2,1-5H3/t24-/m0/s1. The lowest BCUT2D eigenvalue weighted by Gasteiger charge is -2.26. The molecule has 1 N–H and O–H groups in total. The van der Waals surface area contributed by atoms with Gasteiger partial charge < -0.3 is 29.0 Å². The van der Waals surface area contributed by atoms with Crippen LogP contribution in [0.4, 0.5) is 0 Å². The minimum absolute atomic E-state index is 0.0236. The quantitative estimate of drug-likeness (QED) is 0.222. The number of amides is 1. The molecule has 1 saturated heterocycles. The van der Waals surface area contributed by atoms with Crippen molar-refractivity contribution in [2.75, 3.05) is 41.1 Å². The van der Waals surface area contributed by atoms with Gasteiger partial charge in [0, 0.05) is 25.8 Å². The summed E-state index contributed by atoms with van der Waals surface area (Å²) in [5, 5.41) is 11.2. The Morgan fingerprint density at radius 2 is 1.69 bits per heavy atom. The third-order valence-electron chi connectivity index (χ3n) is 5.72. The van der Waals surface area contributed by atoms with Gasteiger partial charge in [0.25, 0.3) is 11.7 Å². The minimum atomic E-state index is -0.788. The summed E-state index contributed by atoms with van der Waals surface area (Å²) in [7, 11) is 4.62. The Morgan fingerprint density at radius 3 is 2.29 bits per heavy atom. The van der Waals surface area contributed by atoms with E-state index < -0.39 is 17.7 Å². The molecule has 1 fully saturated rings. The van der Waals surface area contributed by atoms with Crippen molar-refractivity contribution in [3.63, 3.8) is 0 Å². The maximum absolute atomic E-state index is 13.1. The summed E-state index contributed by atoms with van der Waals surface area (Å²) < 4.78 is 21.6. The maximum atomic E-state index is 13.1. The first kappa shape index (κ1) is 26.1. The second-order valence-electron chi connectivity index (χ2n) is 8.68. The zero-order chi connectivity index (χ0) is 25.5. The molecule has 1 heterocycles. The molecule has 35 heavy (non-hydrogen) atoms. The molecule has 0 radical (unpaired) electrons. The van der Waals surface area contributed by atoms with Gasteiger partial charge in [0.05, 0.1) is 32.4 Å². The van der Waals surface area contributed by atoms with E-state index in [1.54, 1.807) is 49.6 Å². The average molecular weight is 484 g/mol. The first-order chi connectivity index (χ1) is 16.8. The van der Waals surface area contributed by atoms with E-state index >= 15 is 0 Å². The number of carbonyl (C=O) groups excluding carboxylic acids is 2. The predicted octanol–water partition coefficient (Wildman–Crippen LogP) is 4.20. The molecule has 2 aromatic rings. The van der Waals surface area contributed by atoms with Crippen LogP contribution in [0.1, 0.15) is 37.4 Å². The Morgan fingerprint density at radius 1 is 1.00 bits per heavy atom. The fraction of sp³-hybridized carbons (Fsp3) is 0.407. The van der Waals surface area contributed by atoms with Crippen LogP contribution >= 0.6 is 0 Å². The number of methoxy groups -OCH3 is 3. The minimum Gasteiger partial charge on any atom is -0.507 e. The van der Waals surface area contributed by atoms with E-state index in [4.69, 9.17) is 18.9 Å². The van der Waals surface area contributed by atoms with Gasteiger partial charge in [-0.05, 0) is 54.3 Å². The van der Waals surface area contributed by atoms with Crippen LogP contribution in [0.5, 0.6) is 17.2 Å². The van der Waals surface area contributed by atoms with Gasteiger partial charge in [-0.1, -0.05) is 19.9 Å². The highest BCUT2D eigenvalue weighted by Gasteiger charge is 2.46. The number of ether oxygens (including phenoxy) is 4. The molecule has 3 rings (SSSR count). The highest BCUT2D eigenvalue weighted by atomic mass is 16.5. The highest BCUT2D eigenvalue weighted by molar-refractivity contribution is 6.46. The van der Waals surface area contributed by atoms with Gasteiger partial charge in [0.2, 0.25) is 0 Å². The van der Waals surface area contributed by atoms with Crippen molar-refractivity contribution in [2.45, 2.75) is 26.3 Å². The number of hydrogen-bond acceptors (Lipinski definition) is 7. The Labute approximate surface area is 206 Å². The highest BCUT2D eigenvalue weighted by Crippen LogP contribution is 2.42. The second-order valence-corrected chi connectivity index (χ2v) is 8.68. The smallest absolute Gasteiger partial charge is 0.295 e. The van der Waals surface area contributed by atoms with Crippen LogP contribution in [0, 0.1) is 5.92 Å². The SMILES string of the molecule is COCCCN1C(=O)C(=O)C(=C(O)c2ccc(OCC(C)C)cc2)[C@@H]1c1ccc(OC)c(OC)c1.